The molecule has 0 aliphatic heterocycles. The Kier molecular flexibility index (Phi) is 1.49. The first-order chi connectivity index (χ1) is 5.40. The third-order valence-corrected chi connectivity index (χ3v) is 1.91. The van der Waals surface area contributed by atoms with Crippen LogP contribution in [0.5, 0.6) is 0 Å². The van der Waals surface area contributed by atoms with Gasteiger partial charge in [0.15, 0.2) is 0 Å². The van der Waals surface area contributed by atoms with E-state index in [1.807, 2.05) is 17.1 Å². The van der Waals surface area contributed by atoms with Gasteiger partial charge in [-0.25, -0.2) is 0 Å². The van der Waals surface area contributed by atoms with Gasteiger partial charge in [0.2, 0.25) is 0 Å². The summed E-state index contributed by atoms with van der Waals surface area (Å²) in [4.78, 5) is 0. The van der Waals surface area contributed by atoms with Crippen molar-refractivity contribution in [2.45, 2.75) is 25.3 Å². The van der Waals surface area contributed by atoms with E-state index < -0.39 is 0 Å². The second-order valence-corrected chi connectivity index (χ2v) is 2.97. The van der Waals surface area contributed by atoms with E-state index in [9.17, 15) is 0 Å². The Morgan fingerprint density at radius 1 is 1.73 bits per heavy atom. The molecule has 3 nitrogen and oxygen atoms in total. The molecular weight excluding hydrogens is 138 g/mol. The molecule has 0 amide bonds. The van der Waals surface area contributed by atoms with Gasteiger partial charge in [0.05, 0.1) is 12.2 Å². The van der Waals surface area contributed by atoms with Gasteiger partial charge in [-0.3, -0.25) is 4.68 Å². The third-order valence-electron chi connectivity index (χ3n) is 1.91. The zero-order chi connectivity index (χ0) is 7.68. The molecule has 58 valence electrons. The van der Waals surface area contributed by atoms with Crippen molar-refractivity contribution in [1.82, 2.24) is 9.78 Å². The van der Waals surface area contributed by atoms with E-state index in [1.54, 1.807) is 0 Å². The Morgan fingerprint density at radius 3 is 3.18 bits per heavy atom. The summed E-state index contributed by atoms with van der Waals surface area (Å²) in [5.74, 6) is 0. The molecule has 0 spiro atoms. The van der Waals surface area contributed by atoms with Gasteiger partial charge in [0, 0.05) is 12.6 Å². The second kappa shape index (κ2) is 2.49. The van der Waals surface area contributed by atoms with Crippen molar-refractivity contribution in [3.63, 3.8) is 0 Å². The molecule has 0 radical (unpaired) electrons. The van der Waals surface area contributed by atoms with E-state index in [4.69, 9.17) is 5.41 Å². The average Bonchev–Trinajstić information content (AvgIpc) is 2.75. The van der Waals surface area contributed by atoms with Crippen LogP contribution in [-0.4, -0.2) is 16.0 Å². The van der Waals surface area contributed by atoms with Gasteiger partial charge >= 0.3 is 0 Å². The summed E-state index contributed by atoms with van der Waals surface area (Å²) in [6.45, 7) is 0. The monoisotopic (exact) mass is 149 g/mol. The molecule has 1 aliphatic carbocycles. The number of nitrogens with zero attached hydrogens (tertiary/aromatic N) is 2. The van der Waals surface area contributed by atoms with E-state index >= 15 is 0 Å². The lowest BCUT2D eigenvalue weighted by Gasteiger charge is -1.92. The molecule has 0 aromatic carbocycles. The predicted molar refractivity (Wildman–Crippen MR) is 43.0 cm³/mol. The smallest absolute Gasteiger partial charge is 0.0525 e. The summed E-state index contributed by atoms with van der Waals surface area (Å²) in [5, 5.41) is 11.1. The van der Waals surface area contributed by atoms with Crippen molar-refractivity contribution in [2.75, 3.05) is 0 Å². The Labute approximate surface area is 65.5 Å². The molecule has 2 rings (SSSR count). The van der Waals surface area contributed by atoms with E-state index in [1.165, 1.54) is 19.1 Å². The molecule has 1 aliphatic rings. The van der Waals surface area contributed by atoms with Crippen LogP contribution in [0.25, 0.3) is 0 Å². The minimum Gasteiger partial charge on any atom is -0.313 e. The number of aromatic nitrogens is 2. The van der Waals surface area contributed by atoms with Crippen LogP contribution >= 0.6 is 0 Å². The zero-order valence-electron chi connectivity index (χ0n) is 6.33. The maximum Gasteiger partial charge on any atom is 0.0525 e. The van der Waals surface area contributed by atoms with Crippen molar-refractivity contribution >= 4 is 6.21 Å². The van der Waals surface area contributed by atoms with E-state index in [2.05, 4.69) is 5.10 Å². The zero-order valence-corrected chi connectivity index (χ0v) is 6.33. The number of hydrogen-bond acceptors (Lipinski definition) is 2. The first-order valence-corrected chi connectivity index (χ1v) is 3.92. The summed E-state index contributed by atoms with van der Waals surface area (Å²) in [6, 6.07) is 0.662. The molecule has 1 aromatic heterocycles. The van der Waals surface area contributed by atoms with Gasteiger partial charge in [0.1, 0.15) is 0 Å². The number of rotatable bonds is 3. The lowest BCUT2D eigenvalue weighted by molar-refractivity contribution is 0.641. The molecule has 1 saturated carbocycles. The molecule has 1 aromatic rings. The van der Waals surface area contributed by atoms with Crippen LogP contribution in [-0.2, 0) is 6.42 Å². The molecule has 0 bridgehead atoms. The highest BCUT2D eigenvalue weighted by molar-refractivity contribution is 5.57. The predicted octanol–water partition coefficient (Wildman–Crippen LogP) is 1.41. The van der Waals surface area contributed by atoms with Crippen molar-refractivity contribution in [2.24, 2.45) is 0 Å². The summed E-state index contributed by atoms with van der Waals surface area (Å²) < 4.78 is 2.01. The third kappa shape index (κ3) is 1.31. The van der Waals surface area contributed by atoms with Crippen LogP contribution in [0.2, 0.25) is 0 Å². The van der Waals surface area contributed by atoms with Crippen LogP contribution in [0, 0.1) is 5.41 Å². The fourth-order valence-corrected chi connectivity index (χ4v) is 1.14. The normalized spacial score (nSPS) is 16.7. The van der Waals surface area contributed by atoms with Crippen LogP contribution in [0.4, 0.5) is 0 Å². The summed E-state index contributed by atoms with van der Waals surface area (Å²) >= 11 is 0. The first kappa shape index (κ1) is 6.58. The van der Waals surface area contributed by atoms with Crippen LogP contribution in [0.1, 0.15) is 24.4 Å². The highest BCUT2D eigenvalue weighted by Gasteiger charge is 2.23. The van der Waals surface area contributed by atoms with Crippen LogP contribution in [0.15, 0.2) is 12.4 Å². The van der Waals surface area contributed by atoms with Gasteiger partial charge in [-0.1, -0.05) is 0 Å². The second-order valence-electron chi connectivity index (χ2n) is 2.97. The van der Waals surface area contributed by atoms with Gasteiger partial charge in [-0.15, -0.1) is 0 Å². The molecule has 0 saturated heterocycles. The lowest BCUT2D eigenvalue weighted by atomic mass is 10.3. The average molecular weight is 149 g/mol. The molecule has 1 heterocycles. The molecule has 0 atom stereocenters. The number of hydrogen-bond donors (Lipinski definition) is 1. The quantitative estimate of drug-likeness (QED) is 0.648. The highest BCUT2D eigenvalue weighted by Crippen LogP contribution is 2.33. The fourth-order valence-electron chi connectivity index (χ4n) is 1.14. The summed E-state index contributed by atoms with van der Waals surface area (Å²) in [7, 11) is 0. The maximum absolute atomic E-state index is 6.91. The van der Waals surface area contributed by atoms with Crippen molar-refractivity contribution in [1.29, 1.82) is 5.41 Å². The summed E-state index contributed by atoms with van der Waals surface area (Å²) in [5.41, 5.74) is 1.15. The lowest BCUT2D eigenvalue weighted by Crippen LogP contribution is -1.92. The molecule has 3 heteroatoms. The van der Waals surface area contributed by atoms with Gasteiger partial charge in [0.25, 0.3) is 0 Å². The number of nitrogens with one attached hydrogen (secondary N) is 1. The minimum absolute atomic E-state index is 0.662. The van der Waals surface area contributed by atoms with Gasteiger partial charge < -0.3 is 5.41 Å². The largest absolute Gasteiger partial charge is 0.313 e. The molecule has 11 heavy (non-hydrogen) atoms. The summed E-state index contributed by atoms with van der Waals surface area (Å²) in [6.07, 6.45) is 8.56. The fraction of sp³-hybridized carbons (Fsp3) is 0.500. The van der Waals surface area contributed by atoms with Crippen LogP contribution < -0.4 is 0 Å². The Balaban J connectivity index is 2.11. The van der Waals surface area contributed by atoms with Gasteiger partial charge in [-0.2, -0.15) is 5.10 Å². The maximum atomic E-state index is 6.91. The topological polar surface area (TPSA) is 41.7 Å². The molecule has 1 N–H and O–H groups in total. The van der Waals surface area contributed by atoms with E-state index in [-0.39, 0.29) is 0 Å². The standard InChI is InChI=1S/C8H11N3/c9-4-3-7-5-10-11(6-7)8-1-2-8/h4-6,8-9H,1-3H2. The van der Waals surface area contributed by atoms with Crippen LogP contribution in [0.3, 0.4) is 0 Å². The minimum atomic E-state index is 0.662. The molecular formula is C8H11N3. The Hall–Kier alpha value is -1.12. The first-order valence-electron chi connectivity index (χ1n) is 3.92. The van der Waals surface area contributed by atoms with Gasteiger partial charge in [-0.05, 0) is 24.6 Å². The van der Waals surface area contributed by atoms with E-state index in [0.717, 1.165) is 5.56 Å². The van der Waals surface area contributed by atoms with Crippen molar-refractivity contribution in [3.05, 3.63) is 18.0 Å². The highest BCUT2D eigenvalue weighted by atomic mass is 15.3. The van der Waals surface area contributed by atoms with Crippen molar-refractivity contribution < 1.29 is 0 Å². The van der Waals surface area contributed by atoms with Crippen molar-refractivity contribution in [3.8, 4) is 0 Å². The molecule has 1 fully saturated rings. The Morgan fingerprint density at radius 2 is 2.55 bits per heavy atom. The van der Waals surface area contributed by atoms with E-state index in [0.29, 0.717) is 12.5 Å². The molecule has 0 unspecified atom stereocenters. The SMILES string of the molecule is N=CCc1cnn(C2CC2)c1. The Bertz CT molecular complexity index is 260.